The minimum absolute atomic E-state index is 0.200. The van der Waals surface area contributed by atoms with Crippen molar-refractivity contribution in [3.05, 3.63) is 72.1 Å². The third kappa shape index (κ3) is 3.39. The summed E-state index contributed by atoms with van der Waals surface area (Å²) in [4.78, 5) is 4.17. The van der Waals surface area contributed by atoms with Gasteiger partial charge >= 0.3 is 0 Å². The van der Waals surface area contributed by atoms with Crippen LogP contribution in [-0.4, -0.2) is 33.0 Å². The highest BCUT2D eigenvalue weighted by Gasteiger charge is 2.34. The highest BCUT2D eigenvalue weighted by Crippen LogP contribution is 2.44. The van der Waals surface area contributed by atoms with Gasteiger partial charge in [-0.3, -0.25) is 4.98 Å². The van der Waals surface area contributed by atoms with E-state index in [1.807, 2.05) is 0 Å². The van der Waals surface area contributed by atoms with E-state index < -0.39 is 28.6 Å². The summed E-state index contributed by atoms with van der Waals surface area (Å²) in [5.74, 6) is 0. The molecule has 3 rings (SSSR count). The van der Waals surface area contributed by atoms with E-state index in [0.29, 0.717) is 16.7 Å². The van der Waals surface area contributed by atoms with Crippen LogP contribution in [0.5, 0.6) is 0 Å². The molecule has 1 heterocycles. The van der Waals surface area contributed by atoms with E-state index in [-0.39, 0.29) is 4.90 Å². The first-order valence-corrected chi connectivity index (χ1v) is 9.57. The van der Waals surface area contributed by atoms with E-state index in [1.165, 1.54) is 12.1 Å². The molecule has 0 radical (unpaired) electrons. The molecule has 1 aromatic heterocycles. The van der Waals surface area contributed by atoms with Gasteiger partial charge in [0.2, 0.25) is 0 Å². The zero-order chi connectivity index (χ0) is 18.1. The molecule has 0 unspecified atom stereocenters. The number of sulfone groups is 1. The number of benzene rings is 1. The molecule has 1 aliphatic carbocycles. The first-order valence-electron chi connectivity index (χ1n) is 7.67. The maximum Gasteiger partial charge on any atom is 0.175 e. The van der Waals surface area contributed by atoms with Gasteiger partial charge in [-0.25, -0.2) is 17.2 Å². The average molecular weight is 361 g/mol. The number of hydrogen-bond acceptors (Lipinski definition) is 3. The van der Waals surface area contributed by atoms with Crippen LogP contribution in [0.25, 0.3) is 11.1 Å². The molecular formula is C19H17F2NO2S. The summed E-state index contributed by atoms with van der Waals surface area (Å²) in [6.07, 6.45) is 7.55. The Labute approximate surface area is 145 Å². The van der Waals surface area contributed by atoms with Gasteiger partial charge in [0.1, 0.15) is 13.3 Å². The van der Waals surface area contributed by atoms with Gasteiger partial charge in [-0.1, -0.05) is 24.3 Å². The summed E-state index contributed by atoms with van der Waals surface area (Å²) >= 11 is 0. The summed E-state index contributed by atoms with van der Waals surface area (Å²) in [5.41, 5.74) is 1.62. The monoisotopic (exact) mass is 361 g/mol. The summed E-state index contributed by atoms with van der Waals surface area (Å²) in [6.45, 7) is -1.69. The minimum atomic E-state index is -3.30. The highest BCUT2D eigenvalue weighted by molar-refractivity contribution is 7.90. The minimum Gasteiger partial charge on any atom is -0.265 e. The van der Waals surface area contributed by atoms with Crippen molar-refractivity contribution in [2.24, 2.45) is 5.41 Å². The van der Waals surface area contributed by atoms with Gasteiger partial charge in [0.25, 0.3) is 0 Å². The standard InChI is InChI=1S/C19H17F2NO2S/c1-25(23,24)16-4-2-14(3-5-16)17-10-19(12-20,13-21)11-18(17)15-6-8-22-9-7-15/h2-11H,12-13H2,1H3. The molecule has 0 fully saturated rings. The van der Waals surface area contributed by atoms with Crippen molar-refractivity contribution < 1.29 is 17.2 Å². The number of pyridine rings is 1. The van der Waals surface area contributed by atoms with Crippen LogP contribution in [-0.2, 0) is 9.84 Å². The molecule has 2 aromatic rings. The molecule has 0 aliphatic heterocycles. The fraction of sp³-hybridized carbons (Fsp3) is 0.211. The maximum absolute atomic E-state index is 13.5. The molecule has 0 amide bonds. The van der Waals surface area contributed by atoms with Crippen molar-refractivity contribution in [2.75, 3.05) is 19.6 Å². The third-order valence-electron chi connectivity index (χ3n) is 4.24. The smallest absolute Gasteiger partial charge is 0.175 e. The Balaban J connectivity index is 2.10. The van der Waals surface area contributed by atoms with Crippen molar-refractivity contribution >= 4 is 21.0 Å². The SMILES string of the molecule is CS(=O)(=O)c1ccc(C2=CC(CF)(CF)C=C2c2ccncc2)cc1. The van der Waals surface area contributed by atoms with Crippen LogP contribution >= 0.6 is 0 Å². The zero-order valence-electron chi connectivity index (χ0n) is 13.6. The van der Waals surface area contributed by atoms with Crippen LogP contribution in [0, 0.1) is 5.41 Å². The molecule has 6 heteroatoms. The molecule has 0 saturated carbocycles. The lowest BCUT2D eigenvalue weighted by atomic mass is 9.93. The van der Waals surface area contributed by atoms with Crippen LogP contribution in [0.15, 0.2) is 65.8 Å². The normalized spacial score (nSPS) is 16.4. The Morgan fingerprint density at radius 2 is 1.36 bits per heavy atom. The van der Waals surface area contributed by atoms with Crippen LogP contribution in [0.2, 0.25) is 0 Å². The third-order valence-corrected chi connectivity index (χ3v) is 5.36. The number of nitrogens with zero attached hydrogens (tertiary/aromatic N) is 1. The lowest BCUT2D eigenvalue weighted by Gasteiger charge is -2.15. The van der Waals surface area contributed by atoms with Gasteiger partial charge in [0, 0.05) is 18.6 Å². The topological polar surface area (TPSA) is 47.0 Å². The van der Waals surface area contributed by atoms with Gasteiger partial charge in [0.05, 0.1) is 10.3 Å². The number of hydrogen-bond donors (Lipinski definition) is 0. The van der Waals surface area contributed by atoms with Gasteiger partial charge in [-0.2, -0.15) is 0 Å². The van der Waals surface area contributed by atoms with Crippen LogP contribution < -0.4 is 0 Å². The van der Waals surface area contributed by atoms with Crippen LogP contribution in [0.3, 0.4) is 0 Å². The number of rotatable bonds is 5. The van der Waals surface area contributed by atoms with E-state index in [4.69, 9.17) is 0 Å². The quantitative estimate of drug-likeness (QED) is 0.812. The second-order valence-electron chi connectivity index (χ2n) is 6.15. The van der Waals surface area contributed by atoms with Gasteiger partial charge in [0.15, 0.2) is 9.84 Å². The Kier molecular flexibility index (Phi) is 4.56. The fourth-order valence-electron chi connectivity index (χ4n) is 2.85. The molecule has 0 saturated heterocycles. The second-order valence-corrected chi connectivity index (χ2v) is 8.16. The number of allylic oxidation sites excluding steroid dienone is 4. The van der Waals surface area contributed by atoms with Crippen molar-refractivity contribution in [1.29, 1.82) is 0 Å². The van der Waals surface area contributed by atoms with Crippen molar-refractivity contribution in [2.45, 2.75) is 4.90 Å². The Hall–Kier alpha value is -2.34. The van der Waals surface area contributed by atoms with Gasteiger partial charge in [-0.05, 0) is 46.5 Å². The number of alkyl halides is 2. The van der Waals surface area contributed by atoms with Crippen molar-refractivity contribution in [3.63, 3.8) is 0 Å². The van der Waals surface area contributed by atoms with Crippen molar-refractivity contribution in [3.8, 4) is 0 Å². The first kappa shape index (κ1) is 17.5. The van der Waals surface area contributed by atoms with E-state index >= 15 is 0 Å². The lowest BCUT2D eigenvalue weighted by molar-refractivity contribution is 0.265. The van der Waals surface area contributed by atoms with Gasteiger partial charge in [-0.15, -0.1) is 0 Å². The summed E-state index contributed by atoms with van der Waals surface area (Å²) in [7, 11) is -3.30. The van der Waals surface area contributed by atoms with E-state index in [1.54, 1.807) is 48.8 Å². The molecule has 0 N–H and O–H groups in total. The second kappa shape index (κ2) is 6.52. The number of aromatic nitrogens is 1. The molecule has 0 spiro atoms. The molecule has 1 aromatic carbocycles. The average Bonchev–Trinajstić information content (AvgIpc) is 3.03. The molecule has 0 atom stereocenters. The molecular weight excluding hydrogens is 344 g/mol. The molecule has 3 nitrogen and oxygen atoms in total. The largest absolute Gasteiger partial charge is 0.265 e. The van der Waals surface area contributed by atoms with E-state index in [0.717, 1.165) is 11.8 Å². The zero-order valence-corrected chi connectivity index (χ0v) is 14.4. The van der Waals surface area contributed by atoms with E-state index in [2.05, 4.69) is 4.98 Å². The maximum atomic E-state index is 13.5. The van der Waals surface area contributed by atoms with Crippen molar-refractivity contribution in [1.82, 2.24) is 4.98 Å². The van der Waals surface area contributed by atoms with Gasteiger partial charge < -0.3 is 0 Å². The lowest BCUT2D eigenvalue weighted by Crippen LogP contribution is -2.18. The Bertz CT molecular complexity index is 929. The fourth-order valence-corrected chi connectivity index (χ4v) is 3.48. The molecule has 1 aliphatic rings. The predicted octanol–water partition coefficient (Wildman–Crippen LogP) is 3.89. The predicted molar refractivity (Wildman–Crippen MR) is 94.1 cm³/mol. The summed E-state index contributed by atoms with van der Waals surface area (Å²) < 4.78 is 50.3. The molecule has 0 bridgehead atoms. The molecule has 130 valence electrons. The van der Waals surface area contributed by atoms with Crippen LogP contribution in [0.4, 0.5) is 8.78 Å². The Morgan fingerprint density at radius 1 is 0.880 bits per heavy atom. The number of halogens is 2. The highest BCUT2D eigenvalue weighted by atomic mass is 32.2. The summed E-state index contributed by atoms with van der Waals surface area (Å²) in [5, 5.41) is 0. The Morgan fingerprint density at radius 3 is 1.80 bits per heavy atom. The van der Waals surface area contributed by atoms with Crippen LogP contribution in [0.1, 0.15) is 11.1 Å². The molecule has 25 heavy (non-hydrogen) atoms. The van der Waals surface area contributed by atoms with E-state index in [9.17, 15) is 17.2 Å². The first-order chi connectivity index (χ1) is 11.9. The summed E-state index contributed by atoms with van der Waals surface area (Å²) in [6, 6.07) is 9.86.